The van der Waals surface area contributed by atoms with Crippen LogP contribution >= 0.6 is 11.8 Å². The van der Waals surface area contributed by atoms with Gasteiger partial charge in [0.15, 0.2) is 4.75 Å². The van der Waals surface area contributed by atoms with Crippen molar-refractivity contribution >= 4 is 40.9 Å². The van der Waals surface area contributed by atoms with Gasteiger partial charge in [-0.3, -0.25) is 9.59 Å². The van der Waals surface area contributed by atoms with Crippen molar-refractivity contribution in [3.8, 4) is 0 Å². The van der Waals surface area contributed by atoms with Crippen LogP contribution in [0.3, 0.4) is 0 Å². The van der Waals surface area contributed by atoms with Gasteiger partial charge in [-0.1, -0.05) is 30.0 Å². The van der Waals surface area contributed by atoms with Crippen molar-refractivity contribution in [1.82, 2.24) is 0 Å². The molecule has 0 aliphatic carbocycles. The number of thioether (sulfide) groups is 1. The van der Waals surface area contributed by atoms with Gasteiger partial charge in [0.1, 0.15) is 0 Å². The maximum Gasteiger partial charge on any atom is 0.338 e. The summed E-state index contributed by atoms with van der Waals surface area (Å²) in [4.78, 5) is 40.1. The molecular weight excluding hydrogens is 364 g/mol. The number of para-hydroxylation sites is 1. The van der Waals surface area contributed by atoms with E-state index in [4.69, 9.17) is 4.74 Å². The van der Waals surface area contributed by atoms with Crippen molar-refractivity contribution in [2.45, 2.75) is 23.5 Å². The molecule has 0 saturated carbocycles. The number of rotatable bonds is 3. The molecule has 1 aliphatic rings. The van der Waals surface area contributed by atoms with E-state index >= 15 is 0 Å². The third-order valence-electron chi connectivity index (χ3n) is 4.59. The number of aryl methyl sites for hydroxylation is 1. The van der Waals surface area contributed by atoms with Crippen LogP contribution in [0.25, 0.3) is 0 Å². The molecule has 3 rings (SSSR count). The second kappa shape index (κ2) is 7.08. The molecule has 2 amide bonds. The molecule has 1 aliphatic heterocycles. The van der Waals surface area contributed by atoms with E-state index in [0.717, 1.165) is 16.1 Å². The summed E-state index contributed by atoms with van der Waals surface area (Å²) in [5.41, 5.74) is 2.32. The average Bonchev–Trinajstić information content (AvgIpc) is 2.67. The van der Waals surface area contributed by atoms with Crippen LogP contribution in [0.1, 0.15) is 22.8 Å². The van der Waals surface area contributed by atoms with Gasteiger partial charge in [0.2, 0.25) is 5.91 Å². The Kier molecular flexibility index (Phi) is 4.97. The molecule has 2 aromatic rings. The zero-order valence-corrected chi connectivity index (χ0v) is 16.3. The smallest absolute Gasteiger partial charge is 0.338 e. The first kappa shape index (κ1) is 19.0. The van der Waals surface area contributed by atoms with Gasteiger partial charge in [0, 0.05) is 17.6 Å². The number of amides is 2. The molecule has 0 spiro atoms. The first-order valence-corrected chi connectivity index (χ1v) is 9.16. The molecule has 27 heavy (non-hydrogen) atoms. The maximum absolute atomic E-state index is 13.0. The topological polar surface area (TPSA) is 75.7 Å². The summed E-state index contributed by atoms with van der Waals surface area (Å²) >= 11 is 1.22. The summed E-state index contributed by atoms with van der Waals surface area (Å²) in [6.07, 6.45) is 0. The number of esters is 1. The van der Waals surface area contributed by atoms with E-state index in [1.54, 1.807) is 39.1 Å². The van der Waals surface area contributed by atoms with Crippen LogP contribution < -0.4 is 10.2 Å². The van der Waals surface area contributed by atoms with Crippen LogP contribution in [-0.4, -0.2) is 36.7 Å². The highest BCUT2D eigenvalue weighted by atomic mass is 32.2. The number of carbonyl (C=O) groups excluding carboxylic acids is 3. The zero-order chi connectivity index (χ0) is 19.8. The third kappa shape index (κ3) is 3.30. The lowest BCUT2D eigenvalue weighted by atomic mass is 10.1. The van der Waals surface area contributed by atoms with Gasteiger partial charge in [0.05, 0.1) is 18.4 Å². The average molecular weight is 384 g/mol. The fraction of sp³-hybridized carbons (Fsp3) is 0.250. The Morgan fingerprint density at radius 3 is 2.59 bits per heavy atom. The first-order chi connectivity index (χ1) is 12.8. The highest BCUT2D eigenvalue weighted by Gasteiger charge is 2.48. The summed E-state index contributed by atoms with van der Waals surface area (Å²) in [5, 5.41) is 2.77. The number of hydrogen-bond donors (Lipinski definition) is 1. The normalized spacial score (nSPS) is 18.7. The molecule has 140 valence electrons. The lowest BCUT2D eigenvalue weighted by molar-refractivity contribution is -0.128. The first-order valence-electron chi connectivity index (χ1n) is 8.34. The molecule has 0 saturated heterocycles. The lowest BCUT2D eigenvalue weighted by Crippen LogP contribution is -2.53. The molecule has 0 fully saturated rings. The van der Waals surface area contributed by atoms with E-state index in [0.29, 0.717) is 11.3 Å². The second-order valence-corrected chi connectivity index (χ2v) is 7.90. The van der Waals surface area contributed by atoms with E-state index in [1.165, 1.54) is 23.8 Å². The van der Waals surface area contributed by atoms with Gasteiger partial charge in [-0.15, -0.1) is 0 Å². The highest BCUT2D eigenvalue weighted by molar-refractivity contribution is 8.02. The Bertz CT molecular complexity index is 943. The molecule has 1 N–H and O–H groups in total. The van der Waals surface area contributed by atoms with Gasteiger partial charge >= 0.3 is 5.97 Å². The number of fused-ring (bicyclic) bond motifs is 1. The van der Waals surface area contributed by atoms with Gasteiger partial charge in [0.25, 0.3) is 5.91 Å². The molecule has 1 atom stereocenters. The third-order valence-corrected chi connectivity index (χ3v) is 5.92. The van der Waals surface area contributed by atoms with Crippen molar-refractivity contribution in [3.05, 3.63) is 53.6 Å². The zero-order valence-electron chi connectivity index (χ0n) is 15.5. The van der Waals surface area contributed by atoms with Crippen LogP contribution in [0.5, 0.6) is 0 Å². The number of benzene rings is 2. The van der Waals surface area contributed by atoms with Crippen molar-refractivity contribution in [2.24, 2.45) is 0 Å². The summed E-state index contributed by atoms with van der Waals surface area (Å²) in [7, 11) is 2.96. The number of nitrogens with one attached hydrogen (secondary N) is 1. The van der Waals surface area contributed by atoms with Crippen LogP contribution in [0, 0.1) is 6.92 Å². The number of nitrogens with zero attached hydrogens (tertiary/aromatic N) is 1. The van der Waals surface area contributed by atoms with Gasteiger partial charge in [-0.2, -0.15) is 0 Å². The largest absolute Gasteiger partial charge is 0.465 e. The molecule has 0 radical (unpaired) electrons. The van der Waals surface area contributed by atoms with E-state index in [1.807, 2.05) is 24.3 Å². The Balaban J connectivity index is 1.90. The van der Waals surface area contributed by atoms with Gasteiger partial charge < -0.3 is 15.0 Å². The summed E-state index contributed by atoms with van der Waals surface area (Å²) in [6, 6.07) is 12.4. The molecule has 7 heteroatoms. The predicted molar refractivity (Wildman–Crippen MR) is 105 cm³/mol. The minimum atomic E-state index is -1.32. The Labute approximate surface area is 161 Å². The standard InChI is InChI=1S/C20H20N2O4S/c1-12-9-10-13(11-14(12)17(23)26-4)21-18(24)20(2)19(25)22(3)15-7-5-6-8-16(15)27-20/h5-11H,1-4H3,(H,21,24). The Morgan fingerprint density at radius 1 is 1.19 bits per heavy atom. The van der Waals surface area contributed by atoms with E-state index < -0.39 is 16.6 Å². The Hall–Kier alpha value is -2.80. The van der Waals surface area contributed by atoms with E-state index in [2.05, 4.69) is 5.32 Å². The quantitative estimate of drug-likeness (QED) is 0.649. The van der Waals surface area contributed by atoms with Crippen molar-refractivity contribution in [3.63, 3.8) is 0 Å². The maximum atomic E-state index is 13.0. The van der Waals surface area contributed by atoms with Crippen LogP contribution in [0.15, 0.2) is 47.4 Å². The fourth-order valence-corrected chi connectivity index (χ4v) is 4.20. The summed E-state index contributed by atoms with van der Waals surface area (Å²) in [6.45, 7) is 3.39. The SMILES string of the molecule is COC(=O)c1cc(NC(=O)C2(C)Sc3ccccc3N(C)C2=O)ccc1C. The fourth-order valence-electron chi connectivity index (χ4n) is 2.94. The molecule has 0 aromatic heterocycles. The summed E-state index contributed by atoms with van der Waals surface area (Å²) < 4.78 is 3.45. The lowest BCUT2D eigenvalue weighted by Gasteiger charge is -2.36. The highest BCUT2D eigenvalue weighted by Crippen LogP contribution is 2.45. The molecule has 6 nitrogen and oxygen atoms in total. The number of methoxy groups -OCH3 is 1. The molecular formula is C20H20N2O4S. The van der Waals surface area contributed by atoms with Crippen molar-refractivity contribution < 1.29 is 19.1 Å². The monoisotopic (exact) mass is 384 g/mol. The summed E-state index contributed by atoms with van der Waals surface area (Å²) in [5.74, 6) is -1.23. The van der Waals surface area contributed by atoms with E-state index in [-0.39, 0.29) is 5.91 Å². The number of carbonyl (C=O) groups is 3. The Morgan fingerprint density at radius 2 is 1.89 bits per heavy atom. The molecule has 1 heterocycles. The van der Waals surface area contributed by atoms with E-state index in [9.17, 15) is 14.4 Å². The van der Waals surface area contributed by atoms with Crippen LogP contribution in [0.4, 0.5) is 11.4 Å². The minimum absolute atomic E-state index is 0.302. The molecule has 2 aromatic carbocycles. The van der Waals surface area contributed by atoms with Crippen LogP contribution in [-0.2, 0) is 14.3 Å². The van der Waals surface area contributed by atoms with Gasteiger partial charge in [-0.25, -0.2) is 4.79 Å². The van der Waals surface area contributed by atoms with Crippen molar-refractivity contribution in [2.75, 3.05) is 24.4 Å². The number of hydrogen-bond acceptors (Lipinski definition) is 5. The second-order valence-electron chi connectivity index (χ2n) is 6.44. The van der Waals surface area contributed by atoms with Crippen molar-refractivity contribution in [1.29, 1.82) is 0 Å². The molecule has 0 bridgehead atoms. The number of ether oxygens (including phenoxy) is 1. The minimum Gasteiger partial charge on any atom is -0.465 e. The van der Waals surface area contributed by atoms with Crippen LogP contribution in [0.2, 0.25) is 0 Å². The number of anilines is 2. The predicted octanol–water partition coefficient (Wildman–Crippen LogP) is 3.25. The van der Waals surface area contributed by atoms with Gasteiger partial charge in [-0.05, 0) is 43.7 Å². The molecule has 1 unspecified atom stereocenters.